The van der Waals surface area contributed by atoms with Crippen molar-refractivity contribution in [2.24, 2.45) is 0 Å². The number of nitrogens with one attached hydrogen (secondary N) is 3. The number of halogens is 2. The molecule has 0 saturated carbocycles. The van der Waals surface area contributed by atoms with Crippen molar-refractivity contribution in [1.82, 2.24) is 30.3 Å². The minimum atomic E-state index is -0.609. The van der Waals surface area contributed by atoms with Crippen molar-refractivity contribution in [2.45, 2.75) is 6.54 Å². The van der Waals surface area contributed by atoms with Crippen LogP contribution in [0.15, 0.2) is 79.3 Å². The fraction of sp³-hybridized carbons (Fsp3) is 0.0741. The maximum atomic E-state index is 14.5. The molecule has 0 atom stereocenters. The number of para-hydroxylation sites is 1. The first-order chi connectivity index (χ1) is 18.9. The van der Waals surface area contributed by atoms with Crippen molar-refractivity contribution < 1.29 is 18.7 Å². The molecule has 0 fully saturated rings. The van der Waals surface area contributed by atoms with Crippen LogP contribution in [0.25, 0.3) is 16.9 Å². The van der Waals surface area contributed by atoms with E-state index in [1.807, 2.05) is 6.07 Å². The number of methoxy groups -OCH3 is 1. The van der Waals surface area contributed by atoms with Crippen LogP contribution >= 0.6 is 11.6 Å². The van der Waals surface area contributed by atoms with Crippen molar-refractivity contribution in [3.8, 4) is 22.7 Å². The molecule has 2 aromatic carbocycles. The Bertz CT molecular complexity index is 1640. The highest BCUT2D eigenvalue weighted by molar-refractivity contribution is 6.34. The fourth-order valence-electron chi connectivity index (χ4n) is 3.84. The van der Waals surface area contributed by atoms with Gasteiger partial charge in [-0.2, -0.15) is 10.2 Å². The predicted octanol–water partition coefficient (Wildman–Crippen LogP) is 4.64. The zero-order valence-corrected chi connectivity index (χ0v) is 21.2. The third kappa shape index (κ3) is 5.48. The van der Waals surface area contributed by atoms with E-state index >= 15 is 0 Å². The summed E-state index contributed by atoms with van der Waals surface area (Å²) in [7, 11) is 1.41. The number of pyridine rings is 1. The van der Waals surface area contributed by atoms with E-state index < -0.39 is 17.6 Å². The summed E-state index contributed by atoms with van der Waals surface area (Å²) in [5, 5.41) is 16.6. The number of benzene rings is 2. The summed E-state index contributed by atoms with van der Waals surface area (Å²) < 4.78 is 21.3. The van der Waals surface area contributed by atoms with E-state index in [4.69, 9.17) is 16.3 Å². The van der Waals surface area contributed by atoms with E-state index in [9.17, 15) is 14.0 Å². The van der Waals surface area contributed by atoms with Crippen molar-refractivity contribution >= 4 is 29.2 Å². The van der Waals surface area contributed by atoms with Crippen molar-refractivity contribution in [3.63, 3.8) is 0 Å². The predicted molar refractivity (Wildman–Crippen MR) is 142 cm³/mol. The van der Waals surface area contributed by atoms with Gasteiger partial charge in [0, 0.05) is 42.2 Å². The largest absolute Gasteiger partial charge is 0.496 e. The molecule has 5 aromatic rings. The second-order valence-electron chi connectivity index (χ2n) is 8.27. The van der Waals surface area contributed by atoms with Gasteiger partial charge in [-0.15, -0.1) is 0 Å². The Morgan fingerprint density at radius 3 is 2.64 bits per heavy atom. The highest BCUT2D eigenvalue weighted by atomic mass is 35.5. The molecule has 0 bridgehead atoms. The molecule has 0 radical (unpaired) electrons. The number of H-pyrrole nitrogens is 1. The van der Waals surface area contributed by atoms with Gasteiger partial charge in [0.1, 0.15) is 23.1 Å². The van der Waals surface area contributed by atoms with Crippen LogP contribution in [0.1, 0.15) is 26.4 Å². The van der Waals surface area contributed by atoms with Crippen LogP contribution in [0.2, 0.25) is 5.02 Å². The van der Waals surface area contributed by atoms with Crippen LogP contribution in [0, 0.1) is 5.82 Å². The lowest BCUT2D eigenvalue weighted by molar-refractivity contribution is 0.0944. The number of rotatable bonds is 8. The molecule has 0 aliphatic carbocycles. The molecule has 39 heavy (non-hydrogen) atoms. The number of amides is 2. The summed E-state index contributed by atoms with van der Waals surface area (Å²) in [6.07, 6.45) is 4.69. The molecule has 3 N–H and O–H groups in total. The number of carbonyl (C=O) groups is 2. The Morgan fingerprint density at radius 2 is 1.92 bits per heavy atom. The second kappa shape index (κ2) is 11.2. The molecule has 0 aliphatic rings. The number of nitrogens with zero attached hydrogens (tertiary/aromatic N) is 4. The van der Waals surface area contributed by atoms with E-state index in [0.29, 0.717) is 5.69 Å². The maximum absolute atomic E-state index is 14.5. The molecule has 0 unspecified atom stereocenters. The van der Waals surface area contributed by atoms with E-state index in [-0.39, 0.29) is 45.6 Å². The molecule has 10 nitrogen and oxygen atoms in total. The third-order valence-corrected chi connectivity index (χ3v) is 6.05. The average Bonchev–Trinajstić information content (AvgIpc) is 3.63. The number of carbonyl (C=O) groups excluding carboxylic acids is 2. The standard InChI is InChI=1S/C27H21ClFN7O3/c1-39-23-11-20(28)18(10-19(23)25-21(29)8-5-9-30-25)26(37)34-24-12-22(27(38)31-13-16-14-32-33-15-16)35-36(24)17-6-3-2-4-7-17/h2-12,14-15H,13H2,1H3,(H,31,38)(H,32,33)(H,34,37). The first-order valence-electron chi connectivity index (χ1n) is 11.7. The Kier molecular flexibility index (Phi) is 7.32. The topological polar surface area (TPSA) is 127 Å². The van der Waals surface area contributed by atoms with Gasteiger partial charge in [-0.1, -0.05) is 29.8 Å². The molecule has 0 saturated heterocycles. The molecule has 0 aliphatic heterocycles. The summed E-state index contributed by atoms with van der Waals surface area (Å²) in [6.45, 7) is 0.240. The number of aromatic amines is 1. The van der Waals surface area contributed by atoms with E-state index in [2.05, 4.69) is 30.9 Å². The van der Waals surface area contributed by atoms with Crippen LogP contribution in [-0.4, -0.2) is 43.9 Å². The number of ether oxygens (including phenoxy) is 1. The SMILES string of the molecule is COc1cc(Cl)c(C(=O)Nc2cc(C(=O)NCc3cn[nH]c3)nn2-c2ccccc2)cc1-c1ncccc1F. The van der Waals surface area contributed by atoms with Gasteiger partial charge in [-0.3, -0.25) is 19.7 Å². The highest BCUT2D eigenvalue weighted by Crippen LogP contribution is 2.35. The number of aromatic nitrogens is 5. The molecule has 196 valence electrons. The molecule has 12 heteroatoms. The van der Waals surface area contributed by atoms with Gasteiger partial charge >= 0.3 is 0 Å². The van der Waals surface area contributed by atoms with Crippen LogP contribution in [0.3, 0.4) is 0 Å². The minimum absolute atomic E-state index is 0.00553. The van der Waals surface area contributed by atoms with Crippen molar-refractivity contribution in [2.75, 3.05) is 12.4 Å². The van der Waals surface area contributed by atoms with Gasteiger partial charge in [-0.25, -0.2) is 9.07 Å². The molecule has 3 aromatic heterocycles. The second-order valence-corrected chi connectivity index (χ2v) is 8.68. The zero-order chi connectivity index (χ0) is 27.4. The zero-order valence-electron chi connectivity index (χ0n) is 20.5. The van der Waals surface area contributed by atoms with Crippen LogP contribution in [0.5, 0.6) is 5.75 Å². The van der Waals surface area contributed by atoms with Gasteiger partial charge < -0.3 is 15.4 Å². The van der Waals surface area contributed by atoms with Gasteiger partial charge in [0.05, 0.1) is 29.6 Å². The number of hydrogen-bond acceptors (Lipinski definition) is 6. The Labute approximate surface area is 226 Å². The van der Waals surface area contributed by atoms with Gasteiger partial charge in [-0.05, 0) is 30.3 Å². The quantitative estimate of drug-likeness (QED) is 0.261. The van der Waals surface area contributed by atoms with Gasteiger partial charge in [0.2, 0.25) is 0 Å². The summed E-state index contributed by atoms with van der Waals surface area (Å²) in [5.41, 5.74) is 1.78. The molecular formula is C27H21ClFN7O3. The summed E-state index contributed by atoms with van der Waals surface area (Å²) in [4.78, 5) is 30.4. The lowest BCUT2D eigenvalue weighted by Crippen LogP contribution is -2.23. The maximum Gasteiger partial charge on any atom is 0.272 e. The van der Waals surface area contributed by atoms with E-state index in [1.54, 1.807) is 36.7 Å². The highest BCUT2D eigenvalue weighted by Gasteiger charge is 2.22. The summed E-state index contributed by atoms with van der Waals surface area (Å²) >= 11 is 6.42. The lowest BCUT2D eigenvalue weighted by atomic mass is 10.0. The molecular weight excluding hydrogens is 525 g/mol. The summed E-state index contributed by atoms with van der Waals surface area (Å²) in [6, 6.07) is 16.0. The van der Waals surface area contributed by atoms with Gasteiger partial charge in [0.15, 0.2) is 5.69 Å². The number of anilines is 1. The first kappa shape index (κ1) is 25.6. The average molecular weight is 546 g/mol. The fourth-order valence-corrected chi connectivity index (χ4v) is 4.08. The van der Waals surface area contributed by atoms with Crippen LogP contribution in [0.4, 0.5) is 10.2 Å². The smallest absolute Gasteiger partial charge is 0.272 e. The Hall–Kier alpha value is -5.03. The van der Waals surface area contributed by atoms with Crippen LogP contribution < -0.4 is 15.4 Å². The molecule has 3 heterocycles. The normalized spacial score (nSPS) is 10.7. The minimum Gasteiger partial charge on any atom is -0.496 e. The Balaban J connectivity index is 1.48. The molecule has 5 rings (SSSR count). The first-order valence-corrected chi connectivity index (χ1v) is 12.0. The number of hydrogen-bond donors (Lipinski definition) is 3. The van der Waals surface area contributed by atoms with E-state index in [1.165, 1.54) is 48.3 Å². The van der Waals surface area contributed by atoms with Crippen molar-refractivity contribution in [3.05, 3.63) is 107 Å². The van der Waals surface area contributed by atoms with Crippen molar-refractivity contribution in [1.29, 1.82) is 0 Å². The van der Waals surface area contributed by atoms with Crippen LogP contribution in [-0.2, 0) is 6.54 Å². The van der Waals surface area contributed by atoms with Gasteiger partial charge in [0.25, 0.3) is 11.8 Å². The summed E-state index contributed by atoms with van der Waals surface area (Å²) in [5.74, 6) is -1.17. The van der Waals surface area contributed by atoms with E-state index in [0.717, 1.165) is 5.56 Å². The third-order valence-electron chi connectivity index (χ3n) is 5.74. The Morgan fingerprint density at radius 1 is 1.10 bits per heavy atom. The molecule has 2 amide bonds. The molecule has 0 spiro atoms. The lowest BCUT2D eigenvalue weighted by Gasteiger charge is -2.14. The monoisotopic (exact) mass is 545 g/mol.